The van der Waals surface area contributed by atoms with E-state index in [4.69, 9.17) is 21.8 Å². The molecule has 0 aromatic rings. The van der Waals surface area contributed by atoms with Crippen LogP contribution in [0.2, 0.25) is 0 Å². The summed E-state index contributed by atoms with van der Waals surface area (Å²) in [5.74, 6) is -2.30. The van der Waals surface area contributed by atoms with E-state index in [9.17, 15) is 9.59 Å². The number of carboxylic acids is 2. The molecule has 0 saturated heterocycles. The van der Waals surface area contributed by atoms with Gasteiger partial charge in [-0.3, -0.25) is 4.79 Å². The molecule has 0 rings (SSSR count). The highest BCUT2D eigenvalue weighted by molar-refractivity contribution is 8.24. The lowest BCUT2D eigenvalue weighted by molar-refractivity contribution is -0.136. The third-order valence-electron chi connectivity index (χ3n) is 0.789. The summed E-state index contributed by atoms with van der Waals surface area (Å²) in [6.45, 7) is -0.352. The van der Waals surface area contributed by atoms with Crippen molar-refractivity contribution >= 4 is 51.8 Å². The normalized spacial score (nSPS) is 11.8. The topological polar surface area (TPSA) is 86.6 Å². The minimum absolute atomic E-state index is 0.0461. The van der Waals surface area contributed by atoms with Crippen molar-refractivity contribution < 1.29 is 19.8 Å². The van der Waals surface area contributed by atoms with Crippen LogP contribution in [0.3, 0.4) is 0 Å². The zero-order valence-corrected chi connectivity index (χ0v) is 8.58. The lowest BCUT2D eigenvalue weighted by Crippen LogP contribution is -2.27. The van der Waals surface area contributed by atoms with Crippen LogP contribution in [0.25, 0.3) is 0 Å². The molecule has 0 bridgehead atoms. The molecule has 0 fully saturated rings. The molecule has 74 valence electrons. The predicted molar refractivity (Wildman–Crippen MR) is 53.1 cm³/mol. The van der Waals surface area contributed by atoms with Gasteiger partial charge in [-0.2, -0.15) is 0 Å². The van der Waals surface area contributed by atoms with E-state index < -0.39 is 16.6 Å². The summed E-state index contributed by atoms with van der Waals surface area (Å²) in [5, 5.41) is 18.9. The summed E-state index contributed by atoms with van der Waals surface area (Å²) in [6, 6.07) is 0. The second kappa shape index (κ2) is 6.01. The average Bonchev–Trinajstić information content (AvgIpc) is 2.00. The van der Waals surface area contributed by atoms with Crippen LogP contribution in [0.1, 0.15) is 0 Å². The minimum Gasteiger partial charge on any atom is -0.480 e. The Balaban J connectivity index is 3.74. The van der Waals surface area contributed by atoms with Gasteiger partial charge in [-0.05, 0) is 0 Å². The molecule has 0 spiro atoms. The molecule has 0 heterocycles. The molecule has 0 aromatic carbocycles. The van der Waals surface area contributed by atoms with Gasteiger partial charge in [-0.25, -0.2) is 4.79 Å². The maximum absolute atomic E-state index is 10.2. The van der Waals surface area contributed by atoms with Gasteiger partial charge in [0.05, 0.1) is 0 Å². The zero-order chi connectivity index (χ0) is 10.4. The number of alkyl halides is 1. The zero-order valence-electron chi connectivity index (χ0n) is 6.19. The molecule has 13 heavy (non-hydrogen) atoms. The van der Waals surface area contributed by atoms with Crippen molar-refractivity contribution in [1.29, 1.82) is 0 Å². The monoisotopic (exact) mass is 243 g/mol. The number of rotatable bonds is 4. The van der Waals surface area contributed by atoms with E-state index >= 15 is 0 Å². The fourth-order valence-corrected chi connectivity index (χ4v) is 1.56. The van der Waals surface area contributed by atoms with Crippen LogP contribution in [0.15, 0.2) is 0 Å². The van der Waals surface area contributed by atoms with Crippen molar-refractivity contribution in [3.8, 4) is 0 Å². The Labute approximate surface area is 88.4 Å². The highest BCUT2D eigenvalue weighted by Crippen LogP contribution is 2.15. The maximum Gasteiger partial charge on any atom is 0.332 e. The van der Waals surface area contributed by atoms with E-state index in [0.717, 1.165) is 0 Å². The molecule has 0 amide bonds. The Morgan fingerprint density at radius 2 is 2.08 bits per heavy atom. The second-order valence-corrected chi connectivity index (χ2v) is 4.28. The van der Waals surface area contributed by atoms with Crippen molar-refractivity contribution in [1.82, 2.24) is 5.32 Å². The van der Waals surface area contributed by atoms with Crippen LogP contribution >= 0.6 is 35.6 Å². The predicted octanol–water partition coefficient (Wildman–Crippen LogP) is 0.328. The highest BCUT2D eigenvalue weighted by Gasteiger charge is 2.16. The van der Waals surface area contributed by atoms with E-state index in [-0.39, 0.29) is 10.9 Å². The van der Waals surface area contributed by atoms with Gasteiger partial charge in [-0.1, -0.05) is 35.6 Å². The standard InChI is InChI=1S/C5H6ClNO4S2/c6-3(4(10)11)13-5(12)7-1-2(8)9/h3H,1H2,(H,7,12)(H,8,9)(H,10,11). The number of carbonyl (C=O) groups is 2. The summed E-state index contributed by atoms with van der Waals surface area (Å²) in [4.78, 5) is 20.3. The smallest absolute Gasteiger partial charge is 0.332 e. The number of hydrogen-bond donors (Lipinski definition) is 3. The first-order valence-corrected chi connectivity index (χ1v) is 4.69. The van der Waals surface area contributed by atoms with E-state index in [1.54, 1.807) is 0 Å². The molecule has 0 aliphatic carbocycles. The molecular weight excluding hydrogens is 238 g/mol. The first-order chi connectivity index (χ1) is 5.93. The fraction of sp³-hybridized carbons (Fsp3) is 0.400. The number of thioether (sulfide) groups is 1. The third kappa shape index (κ3) is 6.62. The summed E-state index contributed by atoms with van der Waals surface area (Å²) < 4.78 is -1.15. The molecule has 0 radical (unpaired) electrons. The first-order valence-electron chi connectivity index (χ1n) is 2.96. The number of halogens is 1. The van der Waals surface area contributed by atoms with Gasteiger partial charge in [-0.15, -0.1) is 0 Å². The van der Waals surface area contributed by atoms with Gasteiger partial charge < -0.3 is 15.5 Å². The summed E-state index contributed by atoms with van der Waals surface area (Å²) in [5.41, 5.74) is 0. The van der Waals surface area contributed by atoms with Gasteiger partial charge in [0.15, 0.2) is 4.71 Å². The van der Waals surface area contributed by atoms with Gasteiger partial charge >= 0.3 is 11.9 Å². The molecule has 0 saturated carbocycles. The SMILES string of the molecule is O=C(O)CNC(=S)SC(Cl)C(=O)O. The highest BCUT2D eigenvalue weighted by atomic mass is 35.5. The third-order valence-corrected chi connectivity index (χ3v) is 2.44. The van der Waals surface area contributed by atoms with Gasteiger partial charge in [0.2, 0.25) is 0 Å². The maximum atomic E-state index is 10.2. The fourth-order valence-electron chi connectivity index (χ4n) is 0.334. The van der Waals surface area contributed by atoms with Crippen molar-refractivity contribution in [2.75, 3.05) is 6.54 Å². The van der Waals surface area contributed by atoms with Crippen LogP contribution in [-0.2, 0) is 9.59 Å². The Morgan fingerprint density at radius 1 is 1.54 bits per heavy atom. The lowest BCUT2D eigenvalue weighted by atomic mass is 10.7. The molecule has 5 nitrogen and oxygen atoms in total. The summed E-state index contributed by atoms with van der Waals surface area (Å²) in [6.07, 6.45) is 0. The van der Waals surface area contributed by atoms with Crippen molar-refractivity contribution in [2.45, 2.75) is 4.71 Å². The van der Waals surface area contributed by atoms with Gasteiger partial charge in [0, 0.05) is 0 Å². The molecule has 0 aliphatic rings. The number of nitrogens with one attached hydrogen (secondary N) is 1. The van der Waals surface area contributed by atoms with Crippen LogP contribution in [0.5, 0.6) is 0 Å². The second-order valence-electron chi connectivity index (χ2n) is 1.81. The Kier molecular flexibility index (Phi) is 5.76. The average molecular weight is 244 g/mol. The van der Waals surface area contributed by atoms with E-state index in [0.29, 0.717) is 11.8 Å². The van der Waals surface area contributed by atoms with Crippen molar-refractivity contribution in [2.24, 2.45) is 0 Å². The number of hydrogen-bond acceptors (Lipinski definition) is 4. The van der Waals surface area contributed by atoms with E-state index in [1.165, 1.54) is 0 Å². The number of carboxylic acid groups (broad SMARTS) is 2. The quantitative estimate of drug-likeness (QED) is 0.484. The van der Waals surface area contributed by atoms with Crippen LogP contribution in [0, 0.1) is 0 Å². The van der Waals surface area contributed by atoms with E-state index in [2.05, 4.69) is 17.5 Å². The lowest BCUT2D eigenvalue weighted by Gasteiger charge is -2.05. The summed E-state index contributed by atoms with van der Waals surface area (Å²) >= 11 is 10.6. The molecule has 8 heteroatoms. The van der Waals surface area contributed by atoms with Gasteiger partial charge in [0.25, 0.3) is 0 Å². The van der Waals surface area contributed by atoms with E-state index in [1.807, 2.05) is 0 Å². The molecule has 0 aliphatic heterocycles. The van der Waals surface area contributed by atoms with Crippen LogP contribution < -0.4 is 5.32 Å². The number of thiocarbonyl (C=S) groups is 1. The first kappa shape index (κ1) is 12.5. The van der Waals surface area contributed by atoms with Gasteiger partial charge in [0.1, 0.15) is 10.9 Å². The Hall–Kier alpha value is -0.530. The van der Waals surface area contributed by atoms with Crippen LogP contribution in [0.4, 0.5) is 0 Å². The van der Waals surface area contributed by atoms with Crippen molar-refractivity contribution in [3.05, 3.63) is 0 Å². The Bertz CT molecular complexity index is 235. The largest absolute Gasteiger partial charge is 0.480 e. The molecule has 1 unspecified atom stereocenters. The Morgan fingerprint density at radius 3 is 2.46 bits per heavy atom. The number of aliphatic carboxylic acids is 2. The molecular formula is C5H6ClNO4S2. The molecule has 0 aromatic heterocycles. The molecule has 1 atom stereocenters. The summed E-state index contributed by atoms with van der Waals surface area (Å²) in [7, 11) is 0. The van der Waals surface area contributed by atoms with Crippen LogP contribution in [-0.4, -0.2) is 37.7 Å². The van der Waals surface area contributed by atoms with Crippen molar-refractivity contribution in [3.63, 3.8) is 0 Å². The molecule has 3 N–H and O–H groups in total. The minimum atomic E-state index is -1.22.